The summed E-state index contributed by atoms with van der Waals surface area (Å²) in [6.07, 6.45) is -8.75. The highest BCUT2D eigenvalue weighted by molar-refractivity contribution is 5.68. The van der Waals surface area contributed by atoms with Crippen molar-refractivity contribution in [1.82, 2.24) is 19.9 Å². The molecular formula is C23H28F6N6O3. The van der Waals surface area contributed by atoms with Crippen LogP contribution in [0.3, 0.4) is 0 Å². The van der Waals surface area contributed by atoms with Gasteiger partial charge in [-0.25, -0.2) is 4.79 Å². The number of nitrogens with one attached hydrogen (secondary N) is 1. The zero-order chi connectivity index (χ0) is 28.3. The van der Waals surface area contributed by atoms with Crippen LogP contribution in [0.25, 0.3) is 0 Å². The van der Waals surface area contributed by atoms with Crippen LogP contribution >= 0.6 is 0 Å². The van der Waals surface area contributed by atoms with Crippen LogP contribution in [-0.2, 0) is 10.9 Å². The van der Waals surface area contributed by atoms with Gasteiger partial charge in [-0.1, -0.05) is 6.07 Å². The summed E-state index contributed by atoms with van der Waals surface area (Å²) >= 11 is 0. The summed E-state index contributed by atoms with van der Waals surface area (Å²) in [5.41, 5.74) is -1.61. The van der Waals surface area contributed by atoms with Crippen molar-refractivity contribution >= 4 is 23.7 Å². The highest BCUT2D eigenvalue weighted by Crippen LogP contribution is 2.31. The maximum atomic E-state index is 13.1. The predicted molar refractivity (Wildman–Crippen MR) is 125 cm³/mol. The molecule has 1 saturated heterocycles. The van der Waals surface area contributed by atoms with E-state index in [2.05, 4.69) is 20.3 Å². The molecule has 0 unspecified atom stereocenters. The normalized spacial score (nSPS) is 15.3. The number of rotatable bonds is 6. The van der Waals surface area contributed by atoms with Crippen LogP contribution in [0.5, 0.6) is 6.01 Å². The zero-order valence-electron chi connectivity index (χ0n) is 21.2. The topological polar surface area (TPSA) is 92.7 Å². The van der Waals surface area contributed by atoms with Crippen molar-refractivity contribution in [3.63, 3.8) is 0 Å². The molecule has 0 aliphatic carbocycles. The summed E-state index contributed by atoms with van der Waals surface area (Å²) in [5, 5.41) is 2.58. The number of hydrogen-bond acceptors (Lipinski definition) is 8. The first-order valence-electron chi connectivity index (χ1n) is 11.6. The van der Waals surface area contributed by atoms with E-state index in [9.17, 15) is 31.1 Å². The molecule has 0 spiro atoms. The lowest BCUT2D eigenvalue weighted by atomic mass is 10.0. The van der Waals surface area contributed by atoms with Gasteiger partial charge in [-0.15, -0.1) is 0 Å². The van der Waals surface area contributed by atoms with Crippen LogP contribution in [0.2, 0.25) is 0 Å². The fourth-order valence-electron chi connectivity index (χ4n) is 3.60. The first-order valence-corrected chi connectivity index (χ1v) is 11.6. The molecule has 15 heteroatoms. The summed E-state index contributed by atoms with van der Waals surface area (Å²) in [5.74, 6) is -0.355. The average molecular weight is 551 g/mol. The van der Waals surface area contributed by atoms with Gasteiger partial charge in [-0.05, 0) is 51.8 Å². The Morgan fingerprint density at radius 3 is 2.32 bits per heavy atom. The molecule has 0 radical (unpaired) electrons. The van der Waals surface area contributed by atoms with Gasteiger partial charge in [0.1, 0.15) is 5.60 Å². The molecule has 2 heterocycles. The highest BCUT2D eigenvalue weighted by atomic mass is 19.4. The van der Waals surface area contributed by atoms with Gasteiger partial charge < -0.3 is 24.6 Å². The molecule has 2 aromatic rings. The molecule has 1 N–H and O–H groups in total. The fraction of sp³-hybridized carbons (Fsp3) is 0.565. The Hall–Kier alpha value is -3.52. The van der Waals surface area contributed by atoms with Crippen molar-refractivity contribution < 1.29 is 40.6 Å². The third-order valence-electron chi connectivity index (χ3n) is 5.39. The third kappa shape index (κ3) is 8.52. The number of hydrogen-bond donors (Lipinski definition) is 1. The monoisotopic (exact) mass is 550 g/mol. The van der Waals surface area contributed by atoms with Gasteiger partial charge in [0.25, 0.3) is 0 Å². The summed E-state index contributed by atoms with van der Waals surface area (Å²) in [6, 6.07) is 3.33. The Bertz CT molecular complexity index is 1110. The van der Waals surface area contributed by atoms with Gasteiger partial charge in [0.15, 0.2) is 6.61 Å². The van der Waals surface area contributed by atoms with Crippen LogP contribution in [-0.4, -0.2) is 70.5 Å². The number of carbonyl (C=O) groups excluding carboxylic acids is 1. The number of anilines is 3. The molecule has 1 amide bonds. The Labute approximate surface area is 215 Å². The molecule has 1 fully saturated rings. The van der Waals surface area contributed by atoms with Gasteiger partial charge in [-0.3, -0.25) is 0 Å². The fourth-order valence-corrected chi connectivity index (χ4v) is 3.60. The molecule has 1 aromatic carbocycles. The number of alkyl halides is 6. The number of halogens is 6. The van der Waals surface area contributed by atoms with E-state index in [1.165, 1.54) is 12.1 Å². The number of nitrogens with zero attached hydrogens (tertiary/aromatic N) is 5. The van der Waals surface area contributed by atoms with Gasteiger partial charge in [0.2, 0.25) is 11.9 Å². The Balaban J connectivity index is 1.80. The lowest BCUT2D eigenvalue weighted by Gasteiger charge is -2.37. The Morgan fingerprint density at radius 1 is 1.08 bits per heavy atom. The number of aromatic nitrogens is 3. The molecule has 9 nitrogen and oxygen atoms in total. The van der Waals surface area contributed by atoms with E-state index in [0.717, 1.165) is 12.1 Å². The summed E-state index contributed by atoms with van der Waals surface area (Å²) < 4.78 is 87.5. The van der Waals surface area contributed by atoms with E-state index in [0.29, 0.717) is 25.9 Å². The van der Waals surface area contributed by atoms with Crippen molar-refractivity contribution in [2.45, 2.75) is 57.6 Å². The molecule has 1 aliphatic heterocycles. The third-order valence-corrected chi connectivity index (χ3v) is 5.39. The van der Waals surface area contributed by atoms with E-state index in [4.69, 9.17) is 9.47 Å². The van der Waals surface area contributed by atoms with Crippen LogP contribution in [0.1, 0.15) is 39.2 Å². The van der Waals surface area contributed by atoms with Crippen molar-refractivity contribution in [2.24, 2.45) is 0 Å². The predicted octanol–water partition coefficient (Wildman–Crippen LogP) is 5.41. The van der Waals surface area contributed by atoms with E-state index in [1.807, 2.05) is 0 Å². The first-order chi connectivity index (χ1) is 17.5. The largest absolute Gasteiger partial charge is 0.454 e. The lowest BCUT2D eigenvalue weighted by Crippen LogP contribution is -2.47. The van der Waals surface area contributed by atoms with E-state index in [1.54, 1.807) is 37.6 Å². The van der Waals surface area contributed by atoms with Gasteiger partial charge in [-0.2, -0.15) is 41.3 Å². The second-order valence-electron chi connectivity index (χ2n) is 9.66. The van der Waals surface area contributed by atoms with Crippen molar-refractivity contribution in [1.29, 1.82) is 0 Å². The molecule has 0 saturated carbocycles. The van der Waals surface area contributed by atoms with Crippen LogP contribution in [0.4, 0.5) is 48.7 Å². The second-order valence-corrected chi connectivity index (χ2v) is 9.66. The Kier molecular flexibility index (Phi) is 8.46. The van der Waals surface area contributed by atoms with E-state index >= 15 is 0 Å². The van der Waals surface area contributed by atoms with Gasteiger partial charge >= 0.3 is 24.5 Å². The van der Waals surface area contributed by atoms with Crippen LogP contribution in [0, 0.1) is 0 Å². The molecule has 210 valence electrons. The zero-order valence-corrected chi connectivity index (χ0v) is 21.2. The summed E-state index contributed by atoms with van der Waals surface area (Å²) in [6.45, 7) is 4.34. The minimum Gasteiger partial charge on any atom is -0.454 e. The summed E-state index contributed by atoms with van der Waals surface area (Å²) in [7, 11) is 1.62. The molecule has 1 aliphatic rings. The molecular weight excluding hydrogens is 522 g/mol. The van der Waals surface area contributed by atoms with Crippen LogP contribution < -0.4 is 15.0 Å². The number of carbonyl (C=O) groups is 1. The van der Waals surface area contributed by atoms with E-state index < -0.39 is 42.2 Å². The minimum absolute atomic E-state index is 0.0351. The molecule has 3 rings (SSSR count). The smallest absolute Gasteiger partial charge is 0.422 e. The number of benzene rings is 1. The average Bonchev–Trinajstić information content (AvgIpc) is 2.80. The standard InChI is InChI=1S/C23H28F6N6O3/c1-21(2,3)38-20(36)35-10-8-16(9-11-35)34(4)18-31-17(32-19(33-18)37-13-22(24,25)26)30-15-7-5-6-14(12-15)23(27,28)29/h5-7,12,16H,8-11,13H2,1-4H3,(H,30,31,32,33). The minimum atomic E-state index is -4.66. The van der Waals surface area contributed by atoms with Crippen molar-refractivity contribution in [3.8, 4) is 6.01 Å². The maximum absolute atomic E-state index is 13.1. The Morgan fingerprint density at radius 2 is 1.74 bits per heavy atom. The molecule has 38 heavy (non-hydrogen) atoms. The van der Waals surface area contributed by atoms with Crippen LogP contribution in [0.15, 0.2) is 24.3 Å². The highest BCUT2D eigenvalue weighted by Gasteiger charge is 2.32. The van der Waals surface area contributed by atoms with Gasteiger partial charge in [0.05, 0.1) is 5.56 Å². The van der Waals surface area contributed by atoms with Crippen molar-refractivity contribution in [2.75, 3.05) is 37.0 Å². The summed E-state index contributed by atoms with van der Waals surface area (Å²) in [4.78, 5) is 27.4. The number of ether oxygens (including phenoxy) is 2. The number of amides is 1. The lowest BCUT2D eigenvalue weighted by molar-refractivity contribution is -0.154. The van der Waals surface area contributed by atoms with Gasteiger partial charge in [0, 0.05) is 31.9 Å². The SMILES string of the molecule is CN(c1nc(Nc2cccc(C(F)(F)F)c2)nc(OCC(F)(F)F)n1)C1CCN(C(=O)OC(C)(C)C)CC1. The molecule has 0 bridgehead atoms. The molecule has 0 atom stereocenters. The number of likely N-dealkylation sites (tertiary alicyclic amines) is 1. The van der Waals surface area contributed by atoms with E-state index in [-0.39, 0.29) is 23.6 Å². The number of piperidine rings is 1. The first kappa shape index (κ1) is 29.0. The van der Waals surface area contributed by atoms with Crippen molar-refractivity contribution in [3.05, 3.63) is 29.8 Å². The molecule has 1 aromatic heterocycles. The second kappa shape index (κ2) is 11.1. The quantitative estimate of drug-likeness (QED) is 0.478. The maximum Gasteiger partial charge on any atom is 0.422 e.